The lowest BCUT2D eigenvalue weighted by Crippen LogP contribution is -2.46. The van der Waals surface area contributed by atoms with Gasteiger partial charge in [0.15, 0.2) is 5.78 Å². The summed E-state index contributed by atoms with van der Waals surface area (Å²) in [6.45, 7) is 5.23. The average Bonchev–Trinajstić information content (AvgIpc) is 3.07. The first kappa shape index (κ1) is 17.9. The summed E-state index contributed by atoms with van der Waals surface area (Å²) in [6, 6.07) is 9.53. The van der Waals surface area contributed by atoms with Gasteiger partial charge in [-0.15, -0.1) is 11.3 Å². The van der Waals surface area contributed by atoms with Crippen LogP contribution in [0.25, 0.3) is 0 Å². The molecular weight excluding hydrogens is 324 g/mol. The van der Waals surface area contributed by atoms with Crippen LogP contribution >= 0.6 is 11.3 Å². The highest BCUT2D eigenvalue weighted by Gasteiger charge is 2.25. The highest BCUT2D eigenvalue weighted by molar-refractivity contribution is 7.12. The van der Waals surface area contributed by atoms with Crippen molar-refractivity contribution in [1.29, 1.82) is 0 Å². The standard InChI is InChI=1S/C18H20N2O3S/c1-11(2)16(20-17(22)15-5-4-10-24-15)18(23)19-14-8-6-13(7-9-14)12(3)21/h4-11,16H,1-3H3,(H,19,23)(H,20,22). The number of amides is 2. The van der Waals surface area contributed by atoms with Gasteiger partial charge >= 0.3 is 0 Å². The average molecular weight is 344 g/mol. The predicted molar refractivity (Wildman–Crippen MR) is 95.5 cm³/mol. The van der Waals surface area contributed by atoms with Gasteiger partial charge in [0.2, 0.25) is 5.91 Å². The van der Waals surface area contributed by atoms with Crippen molar-refractivity contribution in [2.75, 3.05) is 5.32 Å². The molecule has 0 aliphatic rings. The summed E-state index contributed by atoms with van der Waals surface area (Å²) >= 11 is 1.33. The summed E-state index contributed by atoms with van der Waals surface area (Å²) in [5, 5.41) is 7.37. The molecule has 0 spiro atoms. The van der Waals surface area contributed by atoms with Gasteiger partial charge in [-0.1, -0.05) is 19.9 Å². The molecule has 2 rings (SSSR count). The largest absolute Gasteiger partial charge is 0.339 e. The molecule has 5 nitrogen and oxygen atoms in total. The van der Waals surface area contributed by atoms with Crippen LogP contribution in [0.15, 0.2) is 41.8 Å². The van der Waals surface area contributed by atoms with Gasteiger partial charge in [0.1, 0.15) is 6.04 Å². The molecule has 1 aromatic carbocycles. The molecule has 2 N–H and O–H groups in total. The molecule has 0 bridgehead atoms. The van der Waals surface area contributed by atoms with Crippen molar-refractivity contribution in [2.45, 2.75) is 26.8 Å². The zero-order valence-corrected chi connectivity index (χ0v) is 14.6. The lowest BCUT2D eigenvalue weighted by molar-refractivity contribution is -0.118. The molecule has 2 amide bonds. The zero-order valence-electron chi connectivity index (χ0n) is 13.8. The van der Waals surface area contributed by atoms with Crippen LogP contribution in [0.1, 0.15) is 40.8 Å². The fourth-order valence-electron chi connectivity index (χ4n) is 2.16. The molecule has 1 heterocycles. The van der Waals surface area contributed by atoms with Gasteiger partial charge in [0, 0.05) is 11.3 Å². The van der Waals surface area contributed by atoms with Crippen LogP contribution in [0.3, 0.4) is 0 Å². The second kappa shape index (κ2) is 7.88. The Kier molecular flexibility index (Phi) is 5.87. The summed E-state index contributed by atoms with van der Waals surface area (Å²) in [4.78, 5) is 36.5. The lowest BCUT2D eigenvalue weighted by atomic mass is 10.0. The molecule has 24 heavy (non-hydrogen) atoms. The number of benzene rings is 1. The molecule has 6 heteroatoms. The number of hydrogen-bond acceptors (Lipinski definition) is 4. The monoisotopic (exact) mass is 344 g/mol. The van der Waals surface area contributed by atoms with Gasteiger partial charge in [-0.2, -0.15) is 0 Å². The molecule has 0 saturated heterocycles. The Hall–Kier alpha value is -2.47. The number of thiophene rings is 1. The van der Waals surface area contributed by atoms with Crippen molar-refractivity contribution in [3.63, 3.8) is 0 Å². The number of carbonyl (C=O) groups excluding carboxylic acids is 3. The highest BCUT2D eigenvalue weighted by Crippen LogP contribution is 2.14. The van der Waals surface area contributed by atoms with E-state index in [4.69, 9.17) is 0 Å². The Morgan fingerprint density at radius 3 is 2.21 bits per heavy atom. The van der Waals surface area contributed by atoms with E-state index in [-0.39, 0.29) is 23.5 Å². The molecular formula is C18H20N2O3S. The van der Waals surface area contributed by atoms with E-state index in [0.717, 1.165) is 0 Å². The van der Waals surface area contributed by atoms with Crippen molar-refractivity contribution in [1.82, 2.24) is 5.32 Å². The van der Waals surface area contributed by atoms with Crippen LogP contribution in [-0.2, 0) is 4.79 Å². The van der Waals surface area contributed by atoms with Gasteiger partial charge in [0.05, 0.1) is 4.88 Å². The minimum atomic E-state index is -0.646. The molecule has 1 atom stereocenters. The number of anilines is 1. The number of rotatable bonds is 6. The Bertz CT molecular complexity index is 721. The molecule has 1 aromatic heterocycles. The number of nitrogens with one attached hydrogen (secondary N) is 2. The number of Topliss-reactive ketones (excluding diaryl/α,β-unsaturated/α-hetero) is 1. The van der Waals surface area contributed by atoms with Crippen molar-refractivity contribution in [2.24, 2.45) is 5.92 Å². The van der Waals surface area contributed by atoms with Crippen molar-refractivity contribution >= 4 is 34.6 Å². The second-order valence-corrected chi connectivity index (χ2v) is 6.74. The molecule has 1 unspecified atom stereocenters. The third kappa shape index (κ3) is 4.52. The van der Waals surface area contributed by atoms with Gasteiger partial charge in [-0.05, 0) is 48.6 Å². The Morgan fingerprint density at radius 1 is 1.04 bits per heavy atom. The summed E-state index contributed by atoms with van der Waals surface area (Å²) in [6.07, 6.45) is 0. The molecule has 0 aliphatic heterocycles. The second-order valence-electron chi connectivity index (χ2n) is 5.80. The maximum Gasteiger partial charge on any atom is 0.262 e. The molecule has 0 aliphatic carbocycles. The number of ketones is 1. The summed E-state index contributed by atoms with van der Waals surface area (Å²) in [5.41, 5.74) is 1.17. The van der Waals surface area contributed by atoms with Gasteiger partial charge in [-0.3, -0.25) is 14.4 Å². The van der Waals surface area contributed by atoms with Crippen LogP contribution in [0, 0.1) is 5.92 Å². The lowest BCUT2D eigenvalue weighted by Gasteiger charge is -2.21. The number of hydrogen-bond donors (Lipinski definition) is 2. The molecule has 0 radical (unpaired) electrons. The van der Waals surface area contributed by atoms with Crippen LogP contribution < -0.4 is 10.6 Å². The van der Waals surface area contributed by atoms with E-state index in [0.29, 0.717) is 16.1 Å². The predicted octanol–water partition coefficient (Wildman–Crippen LogP) is 3.34. The van der Waals surface area contributed by atoms with Crippen LogP contribution in [0.4, 0.5) is 5.69 Å². The van der Waals surface area contributed by atoms with E-state index in [1.54, 1.807) is 36.4 Å². The van der Waals surface area contributed by atoms with E-state index in [9.17, 15) is 14.4 Å². The van der Waals surface area contributed by atoms with Crippen molar-refractivity contribution < 1.29 is 14.4 Å². The first-order valence-corrected chi connectivity index (χ1v) is 8.52. The summed E-state index contributed by atoms with van der Waals surface area (Å²) in [7, 11) is 0. The third-order valence-electron chi connectivity index (χ3n) is 3.54. The third-order valence-corrected chi connectivity index (χ3v) is 4.41. The Morgan fingerprint density at radius 2 is 1.71 bits per heavy atom. The zero-order chi connectivity index (χ0) is 17.7. The van der Waals surface area contributed by atoms with E-state index in [2.05, 4.69) is 10.6 Å². The fraction of sp³-hybridized carbons (Fsp3) is 0.278. The SMILES string of the molecule is CC(=O)c1ccc(NC(=O)C(NC(=O)c2cccs2)C(C)C)cc1. The smallest absolute Gasteiger partial charge is 0.262 e. The normalized spacial score (nSPS) is 11.8. The van der Waals surface area contributed by atoms with Crippen molar-refractivity contribution in [3.8, 4) is 0 Å². The highest BCUT2D eigenvalue weighted by atomic mass is 32.1. The summed E-state index contributed by atoms with van der Waals surface area (Å²) < 4.78 is 0. The van der Waals surface area contributed by atoms with Gasteiger partial charge in [-0.25, -0.2) is 0 Å². The van der Waals surface area contributed by atoms with E-state index in [1.165, 1.54) is 18.3 Å². The Labute approximate surface area is 145 Å². The van der Waals surface area contributed by atoms with E-state index in [1.807, 2.05) is 19.2 Å². The van der Waals surface area contributed by atoms with Crippen LogP contribution in [-0.4, -0.2) is 23.6 Å². The molecule has 0 saturated carbocycles. The molecule has 2 aromatic rings. The molecule has 0 fully saturated rings. The minimum absolute atomic E-state index is 0.0313. The van der Waals surface area contributed by atoms with Crippen LogP contribution in [0.2, 0.25) is 0 Å². The Balaban J connectivity index is 2.06. The first-order valence-electron chi connectivity index (χ1n) is 7.64. The van der Waals surface area contributed by atoms with Gasteiger partial charge < -0.3 is 10.6 Å². The topological polar surface area (TPSA) is 75.3 Å². The summed E-state index contributed by atoms with van der Waals surface area (Å²) in [5.74, 6) is -0.641. The maximum atomic E-state index is 12.5. The van der Waals surface area contributed by atoms with E-state index >= 15 is 0 Å². The fourth-order valence-corrected chi connectivity index (χ4v) is 2.79. The van der Waals surface area contributed by atoms with Crippen molar-refractivity contribution in [3.05, 3.63) is 52.2 Å². The minimum Gasteiger partial charge on any atom is -0.339 e. The van der Waals surface area contributed by atoms with Gasteiger partial charge in [0.25, 0.3) is 5.91 Å². The van der Waals surface area contributed by atoms with E-state index < -0.39 is 6.04 Å². The first-order chi connectivity index (χ1) is 11.4. The molecule has 126 valence electrons. The number of carbonyl (C=O) groups is 3. The quantitative estimate of drug-likeness (QED) is 0.789. The van der Waals surface area contributed by atoms with Crippen LogP contribution in [0.5, 0.6) is 0 Å². The maximum absolute atomic E-state index is 12.5.